The van der Waals surface area contributed by atoms with Crippen LogP contribution in [0.1, 0.15) is 22.3 Å². The normalized spacial score (nSPS) is 21.9. The Kier molecular flexibility index (Phi) is 4.52. The fraction of sp³-hybridized carbons (Fsp3) is 0.429. The van der Waals surface area contributed by atoms with Gasteiger partial charge in [0.2, 0.25) is 0 Å². The lowest BCUT2D eigenvalue weighted by Gasteiger charge is -2.16. The molecule has 1 aromatic rings. The zero-order valence-corrected chi connectivity index (χ0v) is 10.7. The fourth-order valence-electron chi connectivity index (χ4n) is 1.94. The van der Waals surface area contributed by atoms with Crippen molar-refractivity contribution >= 4 is 12.4 Å². The Bertz CT molecular complexity index is 440. The molecule has 5 nitrogen and oxygen atoms in total. The maximum absolute atomic E-state index is 11.8. The van der Waals surface area contributed by atoms with Gasteiger partial charge in [-0.05, 0) is 19.1 Å². The summed E-state index contributed by atoms with van der Waals surface area (Å²) >= 11 is 0. The Balaban J connectivity index is 1.86. The average Bonchev–Trinajstić information content (AvgIpc) is 2.85. The van der Waals surface area contributed by atoms with Crippen molar-refractivity contribution in [3.05, 3.63) is 35.4 Å². The molecule has 2 atom stereocenters. The van der Waals surface area contributed by atoms with Crippen LogP contribution in [-0.2, 0) is 19.0 Å². The van der Waals surface area contributed by atoms with Crippen LogP contribution in [0, 0.1) is 6.92 Å². The van der Waals surface area contributed by atoms with Gasteiger partial charge >= 0.3 is 5.97 Å². The van der Waals surface area contributed by atoms with E-state index in [1.807, 2.05) is 19.1 Å². The molecule has 1 saturated heterocycles. The highest BCUT2D eigenvalue weighted by atomic mass is 16.6. The molecule has 0 spiro atoms. The molecule has 102 valence electrons. The van der Waals surface area contributed by atoms with Crippen molar-refractivity contribution in [1.82, 2.24) is 0 Å². The van der Waals surface area contributed by atoms with Crippen LogP contribution in [0.3, 0.4) is 0 Å². The zero-order valence-electron chi connectivity index (χ0n) is 10.7. The van der Waals surface area contributed by atoms with Crippen LogP contribution in [0.25, 0.3) is 0 Å². The van der Waals surface area contributed by atoms with E-state index in [2.05, 4.69) is 0 Å². The Labute approximate surface area is 111 Å². The lowest BCUT2D eigenvalue weighted by atomic mass is 10.1. The molecule has 1 unspecified atom stereocenters. The van der Waals surface area contributed by atoms with E-state index in [-0.39, 0.29) is 18.8 Å². The predicted octanol–water partition coefficient (Wildman–Crippen LogP) is 1.48. The lowest BCUT2D eigenvalue weighted by Crippen LogP contribution is -2.30. The molecule has 1 aliphatic rings. The van der Waals surface area contributed by atoms with Crippen LogP contribution in [0.4, 0.5) is 0 Å². The van der Waals surface area contributed by atoms with Crippen molar-refractivity contribution in [1.29, 1.82) is 0 Å². The Morgan fingerprint density at radius 2 is 2.16 bits per heavy atom. The van der Waals surface area contributed by atoms with E-state index in [4.69, 9.17) is 14.2 Å². The fourth-order valence-corrected chi connectivity index (χ4v) is 1.94. The average molecular weight is 264 g/mol. The molecule has 2 rings (SSSR count). The largest absolute Gasteiger partial charge is 0.462 e. The first-order valence-electron chi connectivity index (χ1n) is 6.15. The van der Waals surface area contributed by atoms with Crippen molar-refractivity contribution in [2.45, 2.75) is 25.6 Å². The van der Waals surface area contributed by atoms with Gasteiger partial charge in [0.15, 0.2) is 0 Å². The first-order chi connectivity index (χ1) is 9.20. The zero-order chi connectivity index (χ0) is 13.7. The van der Waals surface area contributed by atoms with E-state index < -0.39 is 5.97 Å². The minimum absolute atomic E-state index is 0.0885. The molecule has 0 amide bonds. The number of hydrogen-bond acceptors (Lipinski definition) is 5. The molecule has 1 aliphatic heterocycles. The van der Waals surface area contributed by atoms with E-state index >= 15 is 0 Å². The summed E-state index contributed by atoms with van der Waals surface area (Å²) in [5, 5.41) is 0. The van der Waals surface area contributed by atoms with Crippen LogP contribution in [-0.4, -0.2) is 37.9 Å². The van der Waals surface area contributed by atoms with E-state index in [0.29, 0.717) is 25.1 Å². The van der Waals surface area contributed by atoms with Gasteiger partial charge in [0, 0.05) is 6.42 Å². The molecule has 5 heteroatoms. The smallest absolute Gasteiger partial charge is 0.338 e. The topological polar surface area (TPSA) is 61.8 Å². The second-order valence-electron chi connectivity index (χ2n) is 4.43. The summed E-state index contributed by atoms with van der Waals surface area (Å²) in [7, 11) is 0. The minimum Gasteiger partial charge on any atom is -0.462 e. The standard InChI is InChI=1S/C14H16O5/c1-10-2-4-11(5-3-10)14(16)18-8-13-12(19-9-15)6-7-17-13/h2-5,9,12-13H,6-8H2,1H3/t12-,13?/m0/s1. The molecule has 1 aromatic carbocycles. The van der Waals surface area contributed by atoms with Crippen LogP contribution < -0.4 is 0 Å². The minimum atomic E-state index is -0.402. The molecular formula is C14H16O5. The highest BCUT2D eigenvalue weighted by molar-refractivity contribution is 5.89. The van der Waals surface area contributed by atoms with Crippen molar-refractivity contribution < 1.29 is 23.8 Å². The Morgan fingerprint density at radius 1 is 1.42 bits per heavy atom. The SMILES string of the molecule is Cc1ccc(C(=O)OCC2OCC[C@@H]2OC=O)cc1. The highest BCUT2D eigenvalue weighted by Crippen LogP contribution is 2.17. The maximum atomic E-state index is 11.8. The third-order valence-electron chi connectivity index (χ3n) is 3.05. The van der Waals surface area contributed by atoms with Crippen LogP contribution in [0.5, 0.6) is 0 Å². The quantitative estimate of drug-likeness (QED) is 0.595. The number of carbonyl (C=O) groups excluding carboxylic acids is 2. The predicted molar refractivity (Wildman–Crippen MR) is 66.8 cm³/mol. The summed E-state index contributed by atoms with van der Waals surface area (Å²) in [5.74, 6) is -0.402. The molecule has 0 aliphatic carbocycles. The Hall–Kier alpha value is -1.88. The third-order valence-corrected chi connectivity index (χ3v) is 3.05. The van der Waals surface area contributed by atoms with Gasteiger partial charge in [-0.1, -0.05) is 17.7 Å². The van der Waals surface area contributed by atoms with Crippen molar-refractivity contribution in [2.24, 2.45) is 0 Å². The Morgan fingerprint density at radius 3 is 2.84 bits per heavy atom. The van der Waals surface area contributed by atoms with Gasteiger partial charge in [-0.15, -0.1) is 0 Å². The molecule has 19 heavy (non-hydrogen) atoms. The van der Waals surface area contributed by atoms with E-state index in [0.717, 1.165) is 5.56 Å². The van der Waals surface area contributed by atoms with E-state index in [1.54, 1.807) is 12.1 Å². The lowest BCUT2D eigenvalue weighted by molar-refractivity contribution is -0.137. The van der Waals surface area contributed by atoms with Gasteiger partial charge in [0.25, 0.3) is 6.47 Å². The van der Waals surface area contributed by atoms with Gasteiger partial charge in [-0.2, -0.15) is 0 Å². The molecule has 1 fully saturated rings. The highest BCUT2D eigenvalue weighted by Gasteiger charge is 2.31. The van der Waals surface area contributed by atoms with Crippen molar-refractivity contribution in [3.8, 4) is 0 Å². The van der Waals surface area contributed by atoms with E-state index in [9.17, 15) is 9.59 Å². The molecule has 0 saturated carbocycles. The van der Waals surface area contributed by atoms with E-state index in [1.165, 1.54) is 0 Å². The number of carbonyl (C=O) groups is 2. The monoisotopic (exact) mass is 264 g/mol. The molecule has 0 N–H and O–H groups in total. The molecular weight excluding hydrogens is 248 g/mol. The summed E-state index contributed by atoms with van der Waals surface area (Å²) in [6, 6.07) is 7.13. The number of benzene rings is 1. The molecule has 1 heterocycles. The molecule has 0 aromatic heterocycles. The first kappa shape index (κ1) is 13.5. The van der Waals surface area contributed by atoms with Crippen molar-refractivity contribution in [2.75, 3.05) is 13.2 Å². The van der Waals surface area contributed by atoms with Gasteiger partial charge in [0.05, 0.1) is 12.2 Å². The van der Waals surface area contributed by atoms with Gasteiger partial charge in [-0.25, -0.2) is 4.79 Å². The number of aryl methyl sites for hydroxylation is 1. The van der Waals surface area contributed by atoms with Crippen molar-refractivity contribution in [3.63, 3.8) is 0 Å². The maximum Gasteiger partial charge on any atom is 0.338 e. The van der Waals surface area contributed by atoms with Crippen LogP contribution in [0.15, 0.2) is 24.3 Å². The van der Waals surface area contributed by atoms with Gasteiger partial charge in [0.1, 0.15) is 18.8 Å². The second-order valence-corrected chi connectivity index (χ2v) is 4.43. The summed E-state index contributed by atoms with van der Waals surface area (Å²) in [5.41, 5.74) is 1.58. The number of hydrogen-bond donors (Lipinski definition) is 0. The summed E-state index contributed by atoms with van der Waals surface area (Å²) in [6.45, 7) is 2.94. The summed E-state index contributed by atoms with van der Waals surface area (Å²) < 4.78 is 15.4. The molecule has 0 radical (unpaired) electrons. The molecule has 0 bridgehead atoms. The van der Waals surface area contributed by atoms with Gasteiger partial charge < -0.3 is 14.2 Å². The van der Waals surface area contributed by atoms with Crippen LogP contribution in [0.2, 0.25) is 0 Å². The first-order valence-corrected chi connectivity index (χ1v) is 6.15. The number of ether oxygens (including phenoxy) is 3. The summed E-state index contributed by atoms with van der Waals surface area (Å²) in [6.07, 6.45) is -0.0752. The van der Waals surface area contributed by atoms with Crippen LogP contribution >= 0.6 is 0 Å². The second kappa shape index (κ2) is 6.33. The number of rotatable bonds is 5. The number of esters is 1. The summed E-state index contributed by atoms with van der Waals surface area (Å²) in [4.78, 5) is 22.1. The van der Waals surface area contributed by atoms with Gasteiger partial charge in [-0.3, -0.25) is 4.79 Å². The third kappa shape index (κ3) is 3.54.